The second kappa shape index (κ2) is 8.26. The molecule has 0 radical (unpaired) electrons. The van der Waals surface area contributed by atoms with Crippen molar-refractivity contribution in [3.05, 3.63) is 53.6 Å². The second-order valence-corrected chi connectivity index (χ2v) is 5.72. The van der Waals surface area contributed by atoms with Gasteiger partial charge in [0, 0.05) is 5.56 Å². The van der Waals surface area contributed by atoms with E-state index in [1.54, 1.807) is 42.5 Å². The SMILES string of the molecule is COc1ccc(Oc2ccc(C(=O)CBr)cc2)cc1C(=O)CBr. The first-order valence-corrected chi connectivity index (χ1v) is 8.97. The number of methoxy groups -OCH3 is 1. The zero-order valence-electron chi connectivity index (χ0n) is 12.3. The molecule has 6 heteroatoms. The summed E-state index contributed by atoms with van der Waals surface area (Å²) < 4.78 is 10.9. The van der Waals surface area contributed by atoms with E-state index in [0.717, 1.165) is 0 Å². The van der Waals surface area contributed by atoms with Gasteiger partial charge in [0.05, 0.1) is 23.3 Å². The van der Waals surface area contributed by atoms with Crippen molar-refractivity contribution in [1.82, 2.24) is 0 Å². The van der Waals surface area contributed by atoms with E-state index in [-0.39, 0.29) is 22.2 Å². The monoisotopic (exact) mass is 440 g/mol. The Kier molecular flexibility index (Phi) is 6.36. The van der Waals surface area contributed by atoms with Crippen molar-refractivity contribution in [2.45, 2.75) is 0 Å². The summed E-state index contributed by atoms with van der Waals surface area (Å²) in [6.07, 6.45) is 0. The summed E-state index contributed by atoms with van der Waals surface area (Å²) in [6.45, 7) is 0. The van der Waals surface area contributed by atoms with Crippen molar-refractivity contribution in [1.29, 1.82) is 0 Å². The van der Waals surface area contributed by atoms with E-state index in [1.807, 2.05) is 0 Å². The average molecular weight is 442 g/mol. The fourth-order valence-corrected chi connectivity index (χ4v) is 2.59. The van der Waals surface area contributed by atoms with Gasteiger partial charge in [0.2, 0.25) is 0 Å². The van der Waals surface area contributed by atoms with E-state index in [0.29, 0.717) is 28.4 Å². The number of Topliss-reactive ketones (excluding diaryl/α,β-unsaturated/α-hetero) is 2. The zero-order chi connectivity index (χ0) is 16.8. The van der Waals surface area contributed by atoms with Crippen molar-refractivity contribution in [2.24, 2.45) is 0 Å². The number of carbonyl (C=O) groups excluding carboxylic acids is 2. The van der Waals surface area contributed by atoms with Crippen LogP contribution in [0.2, 0.25) is 0 Å². The number of benzene rings is 2. The third-order valence-corrected chi connectivity index (χ3v) is 4.14. The summed E-state index contributed by atoms with van der Waals surface area (Å²) in [6, 6.07) is 11.9. The number of hydrogen-bond donors (Lipinski definition) is 0. The van der Waals surface area contributed by atoms with E-state index in [4.69, 9.17) is 9.47 Å². The number of alkyl halides is 2. The maximum Gasteiger partial charge on any atom is 0.177 e. The summed E-state index contributed by atoms with van der Waals surface area (Å²) >= 11 is 6.29. The highest BCUT2D eigenvalue weighted by Gasteiger charge is 2.13. The molecule has 0 heterocycles. The number of hydrogen-bond acceptors (Lipinski definition) is 4. The summed E-state index contributed by atoms with van der Waals surface area (Å²) in [5.41, 5.74) is 1.06. The van der Waals surface area contributed by atoms with Crippen LogP contribution in [-0.4, -0.2) is 29.3 Å². The van der Waals surface area contributed by atoms with E-state index in [1.165, 1.54) is 7.11 Å². The molecular weight excluding hydrogens is 428 g/mol. The predicted octanol–water partition coefficient (Wildman–Crippen LogP) is 4.64. The summed E-state index contributed by atoms with van der Waals surface area (Å²) in [5, 5.41) is 0.486. The van der Waals surface area contributed by atoms with Crippen LogP contribution < -0.4 is 9.47 Å². The van der Waals surface area contributed by atoms with Gasteiger partial charge in [-0.1, -0.05) is 31.9 Å². The molecule has 2 rings (SSSR count). The highest BCUT2D eigenvalue weighted by Crippen LogP contribution is 2.28. The molecule has 0 bridgehead atoms. The van der Waals surface area contributed by atoms with Crippen molar-refractivity contribution in [2.75, 3.05) is 17.8 Å². The van der Waals surface area contributed by atoms with Crippen LogP contribution >= 0.6 is 31.9 Å². The van der Waals surface area contributed by atoms with Crippen LogP contribution in [-0.2, 0) is 0 Å². The van der Waals surface area contributed by atoms with Crippen molar-refractivity contribution < 1.29 is 19.1 Å². The molecule has 0 N–H and O–H groups in total. The third-order valence-electron chi connectivity index (χ3n) is 3.13. The molecule has 0 atom stereocenters. The molecule has 0 aliphatic carbocycles. The lowest BCUT2D eigenvalue weighted by Crippen LogP contribution is -2.03. The molecule has 0 aliphatic heterocycles. The van der Waals surface area contributed by atoms with Crippen LogP contribution in [0.3, 0.4) is 0 Å². The number of halogens is 2. The highest BCUT2D eigenvalue weighted by molar-refractivity contribution is 9.09. The van der Waals surface area contributed by atoms with Crippen LogP contribution in [0.5, 0.6) is 17.2 Å². The Morgan fingerprint density at radius 3 is 2.09 bits per heavy atom. The lowest BCUT2D eigenvalue weighted by atomic mass is 10.1. The van der Waals surface area contributed by atoms with Crippen LogP contribution in [0.1, 0.15) is 20.7 Å². The van der Waals surface area contributed by atoms with Gasteiger partial charge < -0.3 is 9.47 Å². The summed E-state index contributed by atoms with van der Waals surface area (Å²) in [4.78, 5) is 23.5. The molecule has 0 unspecified atom stereocenters. The minimum absolute atomic E-state index is 0.00574. The first-order chi connectivity index (χ1) is 11.1. The van der Waals surface area contributed by atoms with Crippen molar-refractivity contribution in [3.63, 3.8) is 0 Å². The van der Waals surface area contributed by atoms with Gasteiger partial charge in [0.25, 0.3) is 0 Å². The first-order valence-electron chi connectivity index (χ1n) is 6.73. The van der Waals surface area contributed by atoms with Gasteiger partial charge in [-0.3, -0.25) is 9.59 Å². The van der Waals surface area contributed by atoms with Crippen LogP contribution in [0.4, 0.5) is 0 Å². The molecule has 0 aromatic heterocycles. The minimum atomic E-state index is -0.0921. The lowest BCUT2D eigenvalue weighted by molar-refractivity contribution is 0.101. The predicted molar refractivity (Wildman–Crippen MR) is 95.8 cm³/mol. The molecule has 0 fully saturated rings. The second-order valence-electron chi connectivity index (χ2n) is 4.60. The summed E-state index contributed by atoms with van der Waals surface area (Å²) in [5.74, 6) is 1.52. The normalized spacial score (nSPS) is 10.2. The Labute approximate surface area is 151 Å². The molecule has 0 amide bonds. The quantitative estimate of drug-likeness (QED) is 0.463. The molecule has 0 saturated carbocycles. The van der Waals surface area contributed by atoms with Crippen molar-refractivity contribution in [3.8, 4) is 17.2 Å². The standard InChI is InChI=1S/C17H14Br2O4/c1-22-17-7-6-13(8-14(17)16(21)10-19)23-12-4-2-11(3-5-12)15(20)9-18/h2-8H,9-10H2,1H3. The number of carbonyl (C=O) groups is 2. The van der Waals surface area contributed by atoms with Crippen LogP contribution in [0.25, 0.3) is 0 Å². The lowest BCUT2D eigenvalue weighted by Gasteiger charge is -2.10. The third kappa shape index (κ3) is 4.42. The van der Waals surface area contributed by atoms with E-state index < -0.39 is 0 Å². The number of ketones is 2. The van der Waals surface area contributed by atoms with E-state index >= 15 is 0 Å². The maximum absolute atomic E-state index is 11.9. The molecule has 2 aromatic rings. The molecule has 23 heavy (non-hydrogen) atoms. The molecule has 0 saturated heterocycles. The summed E-state index contributed by atoms with van der Waals surface area (Å²) in [7, 11) is 1.51. The van der Waals surface area contributed by atoms with Gasteiger partial charge in [0.1, 0.15) is 17.2 Å². The molecular formula is C17H14Br2O4. The van der Waals surface area contributed by atoms with E-state index in [2.05, 4.69) is 31.9 Å². The Bertz CT molecular complexity index is 711. The highest BCUT2D eigenvalue weighted by atomic mass is 79.9. The smallest absolute Gasteiger partial charge is 0.177 e. The van der Waals surface area contributed by atoms with Gasteiger partial charge in [-0.15, -0.1) is 0 Å². The van der Waals surface area contributed by atoms with Crippen LogP contribution in [0.15, 0.2) is 42.5 Å². The number of rotatable bonds is 7. The van der Waals surface area contributed by atoms with Gasteiger partial charge in [-0.2, -0.15) is 0 Å². The Morgan fingerprint density at radius 2 is 1.52 bits per heavy atom. The van der Waals surface area contributed by atoms with Crippen LogP contribution in [0, 0.1) is 0 Å². The Hall–Kier alpha value is -1.66. The maximum atomic E-state index is 11.9. The van der Waals surface area contributed by atoms with Crippen molar-refractivity contribution >= 4 is 43.4 Å². The average Bonchev–Trinajstić information content (AvgIpc) is 2.61. The molecule has 4 nitrogen and oxygen atoms in total. The van der Waals surface area contributed by atoms with Gasteiger partial charge in [-0.05, 0) is 42.5 Å². The number of ether oxygens (including phenoxy) is 2. The Balaban J connectivity index is 2.23. The fourth-order valence-electron chi connectivity index (χ4n) is 1.96. The molecule has 0 spiro atoms. The topological polar surface area (TPSA) is 52.6 Å². The fraction of sp³-hybridized carbons (Fsp3) is 0.176. The van der Waals surface area contributed by atoms with Gasteiger partial charge >= 0.3 is 0 Å². The van der Waals surface area contributed by atoms with Gasteiger partial charge in [-0.25, -0.2) is 0 Å². The molecule has 120 valence electrons. The van der Waals surface area contributed by atoms with Gasteiger partial charge in [0.15, 0.2) is 11.6 Å². The zero-order valence-corrected chi connectivity index (χ0v) is 15.5. The molecule has 2 aromatic carbocycles. The van der Waals surface area contributed by atoms with E-state index in [9.17, 15) is 9.59 Å². The first kappa shape index (κ1) is 17.7. The molecule has 0 aliphatic rings. The Morgan fingerprint density at radius 1 is 0.913 bits per heavy atom. The minimum Gasteiger partial charge on any atom is -0.496 e. The largest absolute Gasteiger partial charge is 0.496 e.